The van der Waals surface area contributed by atoms with Gasteiger partial charge in [0.25, 0.3) is 0 Å². The Hall–Kier alpha value is -4.32. The summed E-state index contributed by atoms with van der Waals surface area (Å²) in [5.74, 6) is 2.13. The maximum Gasteiger partial charge on any atom is 0.311 e. The molecule has 0 amide bonds. The minimum Gasteiger partial charge on any atom is -0.457 e. The summed E-state index contributed by atoms with van der Waals surface area (Å²) in [5.41, 5.74) is 8.18. The summed E-state index contributed by atoms with van der Waals surface area (Å²) in [4.78, 5) is 10.7. The Morgan fingerprint density at radius 1 is 0.667 bits per heavy atom. The highest BCUT2D eigenvalue weighted by Crippen LogP contribution is 2.33. The number of ether oxygens (including phenoxy) is 2. The molecule has 6 heteroatoms. The number of hydrogen-bond acceptors (Lipinski definition) is 5. The van der Waals surface area contributed by atoms with E-state index in [0.717, 1.165) is 11.1 Å². The number of benzene rings is 4. The molecule has 0 aliphatic carbocycles. The molecule has 2 N–H and O–H groups in total. The van der Waals surface area contributed by atoms with Gasteiger partial charge in [-0.2, -0.15) is 0 Å². The molecule has 0 spiro atoms. The monoisotopic (exact) mass is 398 g/mol. The summed E-state index contributed by atoms with van der Waals surface area (Å²) in [5, 5.41) is 11.2. The number of nitro benzene ring substituents is 1. The van der Waals surface area contributed by atoms with Crippen LogP contribution >= 0.6 is 0 Å². The van der Waals surface area contributed by atoms with Gasteiger partial charge >= 0.3 is 5.69 Å². The Bertz CT molecular complexity index is 1170. The number of rotatable bonds is 6. The minimum absolute atomic E-state index is 0.0768. The van der Waals surface area contributed by atoms with Crippen molar-refractivity contribution in [3.8, 4) is 34.1 Å². The first-order valence-corrected chi connectivity index (χ1v) is 9.24. The summed E-state index contributed by atoms with van der Waals surface area (Å²) in [6, 6.07) is 28.5. The minimum atomic E-state index is -0.459. The van der Waals surface area contributed by atoms with Crippen LogP contribution in [-0.2, 0) is 0 Å². The maximum atomic E-state index is 11.2. The molecule has 0 aromatic heterocycles. The van der Waals surface area contributed by atoms with Crippen LogP contribution in [0.2, 0.25) is 0 Å². The summed E-state index contributed by atoms with van der Waals surface area (Å²) < 4.78 is 11.6. The molecule has 0 radical (unpaired) electrons. The number of para-hydroxylation sites is 2. The molecule has 0 atom stereocenters. The van der Waals surface area contributed by atoms with E-state index in [2.05, 4.69) is 0 Å². The third kappa shape index (κ3) is 4.39. The predicted molar refractivity (Wildman–Crippen MR) is 116 cm³/mol. The van der Waals surface area contributed by atoms with E-state index < -0.39 is 4.92 Å². The van der Waals surface area contributed by atoms with Crippen LogP contribution in [0.25, 0.3) is 11.1 Å². The second-order valence-electron chi connectivity index (χ2n) is 6.55. The smallest absolute Gasteiger partial charge is 0.311 e. The zero-order valence-electron chi connectivity index (χ0n) is 15.9. The molecule has 0 saturated carbocycles. The number of anilines is 1. The Labute approximate surface area is 173 Å². The number of nitrogens with two attached hydrogens (primary N) is 1. The van der Waals surface area contributed by atoms with Gasteiger partial charge in [-0.3, -0.25) is 10.1 Å². The topological polar surface area (TPSA) is 87.6 Å². The van der Waals surface area contributed by atoms with Gasteiger partial charge in [-0.05, 0) is 65.7 Å². The second kappa shape index (κ2) is 8.36. The molecule has 0 aliphatic heterocycles. The van der Waals surface area contributed by atoms with Crippen molar-refractivity contribution in [3.63, 3.8) is 0 Å². The normalized spacial score (nSPS) is 10.4. The first-order valence-electron chi connectivity index (χ1n) is 9.24. The molecule has 148 valence electrons. The van der Waals surface area contributed by atoms with Gasteiger partial charge in [-0.25, -0.2) is 0 Å². The van der Waals surface area contributed by atoms with E-state index in [0.29, 0.717) is 22.9 Å². The van der Waals surface area contributed by atoms with Gasteiger partial charge in [0, 0.05) is 11.8 Å². The molecule has 0 saturated heterocycles. The van der Waals surface area contributed by atoms with Gasteiger partial charge in [-0.15, -0.1) is 0 Å². The maximum absolute atomic E-state index is 11.2. The number of nitrogens with zero attached hydrogens (tertiary/aromatic N) is 1. The molecule has 0 unspecified atom stereocenters. The van der Waals surface area contributed by atoms with E-state index in [9.17, 15) is 10.1 Å². The molecule has 4 aromatic rings. The van der Waals surface area contributed by atoms with E-state index in [-0.39, 0.29) is 11.4 Å². The molecule has 0 aliphatic rings. The van der Waals surface area contributed by atoms with Crippen LogP contribution in [-0.4, -0.2) is 4.92 Å². The fraction of sp³-hybridized carbons (Fsp3) is 0. The van der Waals surface area contributed by atoms with Crippen molar-refractivity contribution < 1.29 is 14.4 Å². The number of nitrogen functional groups attached to an aromatic ring is 1. The lowest BCUT2D eigenvalue weighted by Crippen LogP contribution is -1.93. The molecule has 0 heterocycles. The Kier molecular flexibility index (Phi) is 5.30. The molecular weight excluding hydrogens is 380 g/mol. The van der Waals surface area contributed by atoms with Crippen LogP contribution in [0.4, 0.5) is 11.4 Å². The van der Waals surface area contributed by atoms with Crippen molar-refractivity contribution in [2.45, 2.75) is 0 Å². The van der Waals surface area contributed by atoms with Crippen LogP contribution < -0.4 is 15.2 Å². The second-order valence-corrected chi connectivity index (χ2v) is 6.55. The summed E-state index contributed by atoms with van der Waals surface area (Å²) in [6.07, 6.45) is 0. The Balaban J connectivity index is 1.52. The van der Waals surface area contributed by atoms with Gasteiger partial charge in [0.05, 0.1) is 4.92 Å². The molecule has 0 fully saturated rings. The number of hydrogen-bond donors (Lipinski definition) is 1. The van der Waals surface area contributed by atoms with Gasteiger partial charge in [0.15, 0.2) is 0 Å². The van der Waals surface area contributed by atoms with Crippen LogP contribution in [0.1, 0.15) is 0 Å². The highest BCUT2D eigenvalue weighted by atomic mass is 16.6. The third-order valence-electron chi connectivity index (χ3n) is 4.43. The zero-order chi connectivity index (χ0) is 20.9. The lowest BCUT2D eigenvalue weighted by Gasteiger charge is -2.09. The van der Waals surface area contributed by atoms with E-state index in [1.165, 1.54) is 6.07 Å². The van der Waals surface area contributed by atoms with Crippen molar-refractivity contribution in [2.75, 3.05) is 5.73 Å². The van der Waals surface area contributed by atoms with E-state index >= 15 is 0 Å². The van der Waals surface area contributed by atoms with Gasteiger partial charge < -0.3 is 15.2 Å². The molecule has 0 bridgehead atoms. The number of nitro groups is 1. The van der Waals surface area contributed by atoms with Gasteiger partial charge in [0.2, 0.25) is 5.75 Å². The lowest BCUT2D eigenvalue weighted by atomic mass is 10.1. The SMILES string of the molecule is Nc1ccc(Oc2ccc(-c3cccc(Oc4ccccc4[N+](=O)[O-])c3)cc2)cc1. The average molecular weight is 398 g/mol. The van der Waals surface area contributed by atoms with Crippen molar-refractivity contribution in [2.24, 2.45) is 0 Å². The van der Waals surface area contributed by atoms with Crippen LogP contribution in [0, 0.1) is 10.1 Å². The summed E-state index contributed by atoms with van der Waals surface area (Å²) >= 11 is 0. The zero-order valence-corrected chi connectivity index (χ0v) is 15.9. The third-order valence-corrected chi connectivity index (χ3v) is 4.43. The fourth-order valence-electron chi connectivity index (χ4n) is 2.95. The quantitative estimate of drug-likeness (QED) is 0.230. The molecular formula is C24H18N2O4. The largest absolute Gasteiger partial charge is 0.457 e. The average Bonchev–Trinajstić information content (AvgIpc) is 2.76. The van der Waals surface area contributed by atoms with Gasteiger partial charge in [0.1, 0.15) is 17.2 Å². The predicted octanol–water partition coefficient (Wildman–Crippen LogP) is 6.43. The Morgan fingerprint density at radius 2 is 1.33 bits per heavy atom. The highest BCUT2D eigenvalue weighted by Gasteiger charge is 2.14. The lowest BCUT2D eigenvalue weighted by molar-refractivity contribution is -0.385. The first kappa shape index (κ1) is 19.0. The first-order chi connectivity index (χ1) is 14.6. The summed E-state index contributed by atoms with van der Waals surface area (Å²) in [7, 11) is 0. The molecule has 30 heavy (non-hydrogen) atoms. The summed E-state index contributed by atoms with van der Waals surface area (Å²) in [6.45, 7) is 0. The standard InChI is InChI=1S/C24H18N2O4/c25-19-10-14-21(15-11-19)29-20-12-8-17(9-13-20)18-4-3-5-22(16-18)30-24-7-2-1-6-23(24)26(27)28/h1-16H,25H2. The molecule has 4 rings (SSSR count). The van der Waals surface area contributed by atoms with Crippen molar-refractivity contribution in [1.82, 2.24) is 0 Å². The van der Waals surface area contributed by atoms with E-state index in [1.54, 1.807) is 36.4 Å². The van der Waals surface area contributed by atoms with Crippen molar-refractivity contribution in [1.29, 1.82) is 0 Å². The van der Waals surface area contributed by atoms with E-state index in [1.807, 2.05) is 54.6 Å². The van der Waals surface area contributed by atoms with E-state index in [4.69, 9.17) is 15.2 Å². The van der Waals surface area contributed by atoms with Crippen LogP contribution in [0.5, 0.6) is 23.0 Å². The van der Waals surface area contributed by atoms with Gasteiger partial charge in [-0.1, -0.05) is 36.4 Å². The fourth-order valence-corrected chi connectivity index (χ4v) is 2.95. The Morgan fingerprint density at radius 3 is 2.03 bits per heavy atom. The highest BCUT2D eigenvalue weighted by molar-refractivity contribution is 5.66. The molecule has 4 aromatic carbocycles. The van der Waals surface area contributed by atoms with Crippen molar-refractivity contribution >= 4 is 11.4 Å². The van der Waals surface area contributed by atoms with Crippen LogP contribution in [0.15, 0.2) is 97.1 Å². The van der Waals surface area contributed by atoms with Crippen molar-refractivity contribution in [3.05, 3.63) is 107 Å². The molecule has 6 nitrogen and oxygen atoms in total. The van der Waals surface area contributed by atoms with Crippen LogP contribution in [0.3, 0.4) is 0 Å².